The van der Waals surface area contributed by atoms with E-state index in [1.54, 1.807) is 0 Å². The molecule has 100 valence electrons. The lowest BCUT2D eigenvalue weighted by Crippen LogP contribution is -2.35. The van der Waals surface area contributed by atoms with Gasteiger partial charge >= 0.3 is 11.9 Å². The molecule has 0 aliphatic carbocycles. The van der Waals surface area contributed by atoms with Gasteiger partial charge in [0, 0.05) is 6.04 Å². The van der Waals surface area contributed by atoms with Gasteiger partial charge in [-0.2, -0.15) is 0 Å². The standard InChI is InChI=1S/C12H23NO4/c1-2-3-4-5-6-7-10(8-11(14)15)13-9-12(16)17/h10,13H,2-9H2,1H3,(H,14,15)(H,16,17). The molecule has 0 aliphatic heterocycles. The van der Waals surface area contributed by atoms with E-state index >= 15 is 0 Å². The third kappa shape index (κ3) is 11.2. The third-order valence-electron chi connectivity index (χ3n) is 2.62. The summed E-state index contributed by atoms with van der Waals surface area (Å²) in [6, 6.07) is -0.231. The average molecular weight is 245 g/mol. The van der Waals surface area contributed by atoms with Gasteiger partial charge in [-0.1, -0.05) is 39.0 Å². The molecule has 0 saturated heterocycles. The lowest BCUT2D eigenvalue weighted by Gasteiger charge is -2.15. The summed E-state index contributed by atoms with van der Waals surface area (Å²) in [7, 11) is 0. The van der Waals surface area contributed by atoms with Crippen molar-refractivity contribution in [2.45, 2.75) is 57.9 Å². The Bertz CT molecular complexity index is 231. The van der Waals surface area contributed by atoms with E-state index in [2.05, 4.69) is 12.2 Å². The molecule has 0 heterocycles. The van der Waals surface area contributed by atoms with Crippen molar-refractivity contribution in [2.24, 2.45) is 0 Å². The highest BCUT2D eigenvalue weighted by Gasteiger charge is 2.13. The van der Waals surface area contributed by atoms with E-state index in [-0.39, 0.29) is 19.0 Å². The zero-order chi connectivity index (χ0) is 13.1. The second kappa shape index (κ2) is 10.1. The molecule has 0 radical (unpaired) electrons. The molecule has 17 heavy (non-hydrogen) atoms. The maximum atomic E-state index is 10.6. The van der Waals surface area contributed by atoms with E-state index in [0.717, 1.165) is 25.7 Å². The monoisotopic (exact) mass is 245 g/mol. The molecule has 5 heteroatoms. The quantitative estimate of drug-likeness (QED) is 0.484. The van der Waals surface area contributed by atoms with Crippen LogP contribution in [0.5, 0.6) is 0 Å². The molecule has 1 unspecified atom stereocenters. The SMILES string of the molecule is CCCCCCCC(CC(=O)O)NCC(=O)O. The van der Waals surface area contributed by atoms with Crippen LogP contribution in [0.15, 0.2) is 0 Å². The van der Waals surface area contributed by atoms with E-state index in [4.69, 9.17) is 10.2 Å². The predicted octanol–water partition coefficient (Wildman–Crippen LogP) is 1.86. The number of rotatable bonds is 11. The fourth-order valence-corrected chi connectivity index (χ4v) is 1.71. The Morgan fingerprint density at radius 3 is 2.24 bits per heavy atom. The smallest absolute Gasteiger partial charge is 0.317 e. The molecule has 0 aliphatic rings. The summed E-state index contributed by atoms with van der Waals surface area (Å²) in [4.78, 5) is 21.0. The largest absolute Gasteiger partial charge is 0.481 e. The molecule has 0 rings (SSSR count). The lowest BCUT2D eigenvalue weighted by atomic mass is 10.0. The first-order valence-electron chi connectivity index (χ1n) is 6.23. The number of hydrogen-bond acceptors (Lipinski definition) is 3. The van der Waals surface area contributed by atoms with Crippen LogP contribution < -0.4 is 5.32 Å². The fourth-order valence-electron chi connectivity index (χ4n) is 1.71. The van der Waals surface area contributed by atoms with Crippen LogP contribution in [0.4, 0.5) is 0 Å². The minimum Gasteiger partial charge on any atom is -0.481 e. The van der Waals surface area contributed by atoms with Gasteiger partial charge in [-0.25, -0.2) is 0 Å². The van der Waals surface area contributed by atoms with E-state index in [1.807, 2.05) is 0 Å². The highest BCUT2D eigenvalue weighted by Crippen LogP contribution is 2.09. The van der Waals surface area contributed by atoms with E-state index in [1.165, 1.54) is 12.8 Å². The van der Waals surface area contributed by atoms with Gasteiger partial charge in [-0.3, -0.25) is 9.59 Å². The number of hydrogen-bond donors (Lipinski definition) is 3. The summed E-state index contributed by atoms with van der Waals surface area (Å²) in [5.41, 5.74) is 0. The summed E-state index contributed by atoms with van der Waals surface area (Å²) in [5.74, 6) is -1.84. The van der Waals surface area contributed by atoms with Crippen LogP contribution in [-0.2, 0) is 9.59 Å². The summed E-state index contributed by atoms with van der Waals surface area (Å²) in [6.45, 7) is 1.97. The molecule has 3 N–H and O–H groups in total. The molecule has 0 aromatic rings. The Morgan fingerprint density at radius 1 is 1.06 bits per heavy atom. The second-order valence-corrected chi connectivity index (χ2v) is 4.27. The van der Waals surface area contributed by atoms with Crippen LogP contribution >= 0.6 is 0 Å². The van der Waals surface area contributed by atoms with Crippen molar-refractivity contribution in [1.29, 1.82) is 0 Å². The van der Waals surface area contributed by atoms with Crippen molar-refractivity contribution in [1.82, 2.24) is 5.32 Å². The predicted molar refractivity (Wildman–Crippen MR) is 65.1 cm³/mol. The van der Waals surface area contributed by atoms with Crippen molar-refractivity contribution in [2.75, 3.05) is 6.54 Å². The van der Waals surface area contributed by atoms with Gasteiger partial charge in [0.05, 0.1) is 13.0 Å². The summed E-state index contributed by atoms with van der Waals surface area (Å²) in [6.07, 6.45) is 6.28. The highest BCUT2D eigenvalue weighted by molar-refractivity contribution is 5.70. The van der Waals surface area contributed by atoms with Crippen molar-refractivity contribution in [3.63, 3.8) is 0 Å². The number of unbranched alkanes of at least 4 members (excludes halogenated alkanes) is 4. The second-order valence-electron chi connectivity index (χ2n) is 4.27. The van der Waals surface area contributed by atoms with Crippen molar-refractivity contribution >= 4 is 11.9 Å². The average Bonchev–Trinajstić information content (AvgIpc) is 2.24. The first kappa shape index (κ1) is 15.9. The molecule has 0 amide bonds. The van der Waals surface area contributed by atoms with Crippen LogP contribution in [0.1, 0.15) is 51.9 Å². The molecule has 0 bridgehead atoms. The van der Waals surface area contributed by atoms with Gasteiger partial charge in [0.15, 0.2) is 0 Å². The number of carbonyl (C=O) groups is 2. The van der Waals surface area contributed by atoms with Crippen LogP contribution in [0.3, 0.4) is 0 Å². The molecule has 0 aromatic carbocycles. The highest BCUT2D eigenvalue weighted by atomic mass is 16.4. The lowest BCUT2D eigenvalue weighted by molar-refractivity contribution is -0.139. The number of carboxylic acids is 2. The van der Waals surface area contributed by atoms with Gasteiger partial charge in [0.25, 0.3) is 0 Å². The van der Waals surface area contributed by atoms with Gasteiger partial charge in [-0.15, -0.1) is 0 Å². The Morgan fingerprint density at radius 2 is 1.71 bits per heavy atom. The van der Waals surface area contributed by atoms with Gasteiger partial charge in [0.1, 0.15) is 0 Å². The van der Waals surface area contributed by atoms with Crippen molar-refractivity contribution < 1.29 is 19.8 Å². The van der Waals surface area contributed by atoms with Gasteiger partial charge < -0.3 is 15.5 Å². The third-order valence-corrected chi connectivity index (χ3v) is 2.62. The minimum atomic E-state index is -0.952. The van der Waals surface area contributed by atoms with Gasteiger partial charge in [0.2, 0.25) is 0 Å². The Kier molecular flexibility index (Phi) is 9.43. The molecular formula is C12H23NO4. The molecule has 0 saturated carbocycles. The molecule has 1 atom stereocenters. The topological polar surface area (TPSA) is 86.6 Å². The van der Waals surface area contributed by atoms with Crippen molar-refractivity contribution in [3.05, 3.63) is 0 Å². The first-order valence-corrected chi connectivity index (χ1v) is 6.23. The number of aliphatic carboxylic acids is 2. The molecular weight excluding hydrogens is 222 g/mol. The van der Waals surface area contributed by atoms with Crippen molar-refractivity contribution in [3.8, 4) is 0 Å². The Balaban J connectivity index is 3.76. The van der Waals surface area contributed by atoms with E-state index < -0.39 is 11.9 Å². The fraction of sp³-hybridized carbons (Fsp3) is 0.833. The van der Waals surface area contributed by atoms with Gasteiger partial charge in [-0.05, 0) is 6.42 Å². The minimum absolute atomic E-state index is 0.0128. The Labute approximate surface area is 102 Å². The normalized spacial score (nSPS) is 12.3. The van der Waals surface area contributed by atoms with Crippen LogP contribution in [0.25, 0.3) is 0 Å². The number of carboxylic acid groups (broad SMARTS) is 2. The molecule has 0 spiro atoms. The zero-order valence-corrected chi connectivity index (χ0v) is 10.4. The van der Waals surface area contributed by atoms with E-state index in [0.29, 0.717) is 0 Å². The maximum Gasteiger partial charge on any atom is 0.317 e. The molecule has 0 aromatic heterocycles. The zero-order valence-electron chi connectivity index (χ0n) is 10.4. The van der Waals surface area contributed by atoms with Crippen LogP contribution in [0.2, 0.25) is 0 Å². The van der Waals surface area contributed by atoms with Crippen LogP contribution in [0, 0.1) is 0 Å². The number of nitrogens with one attached hydrogen (secondary N) is 1. The van der Waals surface area contributed by atoms with E-state index in [9.17, 15) is 9.59 Å². The Hall–Kier alpha value is -1.10. The first-order chi connectivity index (χ1) is 8.06. The molecule has 5 nitrogen and oxygen atoms in total. The molecule has 0 fully saturated rings. The summed E-state index contributed by atoms with van der Waals surface area (Å²) >= 11 is 0. The summed E-state index contributed by atoms with van der Waals surface area (Å²) in [5, 5.41) is 20.0. The maximum absolute atomic E-state index is 10.6. The summed E-state index contributed by atoms with van der Waals surface area (Å²) < 4.78 is 0. The van der Waals surface area contributed by atoms with Crippen LogP contribution in [-0.4, -0.2) is 34.7 Å².